The molecule has 4 rings (SSSR count). The fourth-order valence-electron chi connectivity index (χ4n) is 2.65. The maximum absolute atomic E-state index is 12.3. The summed E-state index contributed by atoms with van der Waals surface area (Å²) >= 11 is 12.6. The average molecular weight is 373 g/mol. The van der Waals surface area contributed by atoms with Crippen molar-refractivity contribution in [2.45, 2.75) is 0 Å². The quantitative estimate of drug-likeness (QED) is 0.703. The van der Waals surface area contributed by atoms with Gasteiger partial charge in [-0.1, -0.05) is 35.9 Å². The van der Waals surface area contributed by atoms with E-state index in [0.717, 1.165) is 0 Å². The summed E-state index contributed by atoms with van der Waals surface area (Å²) in [4.78, 5) is 16.8. The predicted octanol–water partition coefficient (Wildman–Crippen LogP) is 2.99. The second kappa shape index (κ2) is 5.66. The molecule has 7 heteroatoms. The molecule has 0 spiro atoms. The second-order valence-electron chi connectivity index (χ2n) is 5.15. The number of hydrogen-bond donors (Lipinski definition) is 1. The van der Waals surface area contributed by atoms with E-state index in [4.69, 9.17) is 23.8 Å². The summed E-state index contributed by atoms with van der Waals surface area (Å²) in [5.74, 6) is -0.455. The molecule has 1 amide bonds. The number of benzene rings is 2. The van der Waals surface area contributed by atoms with E-state index < -0.39 is 0 Å². The fourth-order valence-corrected chi connectivity index (χ4v) is 4.22. The molecule has 24 heavy (non-hydrogen) atoms. The summed E-state index contributed by atoms with van der Waals surface area (Å²) in [6.07, 6.45) is 0. The molecule has 2 aromatic carbocycles. The van der Waals surface area contributed by atoms with E-state index in [9.17, 15) is 9.90 Å². The van der Waals surface area contributed by atoms with E-state index in [1.165, 1.54) is 15.9 Å². The molecule has 118 valence electrons. The van der Waals surface area contributed by atoms with E-state index >= 15 is 0 Å². The van der Waals surface area contributed by atoms with Gasteiger partial charge in [0.1, 0.15) is 4.88 Å². The molecule has 0 unspecified atom stereocenters. The first-order valence-corrected chi connectivity index (χ1v) is 8.60. The number of carbonyl (C=O) groups is 1. The Morgan fingerprint density at radius 3 is 2.75 bits per heavy atom. The van der Waals surface area contributed by atoms with Gasteiger partial charge in [-0.15, -0.1) is 11.3 Å². The van der Waals surface area contributed by atoms with Gasteiger partial charge in [0.25, 0.3) is 5.91 Å². The molecule has 0 bridgehead atoms. The van der Waals surface area contributed by atoms with Crippen molar-refractivity contribution in [3.05, 3.63) is 73.0 Å². The van der Waals surface area contributed by atoms with Crippen molar-refractivity contribution in [1.29, 1.82) is 0 Å². The highest BCUT2D eigenvalue weighted by molar-refractivity contribution is 7.73. The third-order valence-electron chi connectivity index (χ3n) is 3.69. The molecule has 0 radical (unpaired) electrons. The van der Waals surface area contributed by atoms with Crippen molar-refractivity contribution < 1.29 is 9.90 Å². The molecule has 0 saturated heterocycles. The summed E-state index contributed by atoms with van der Waals surface area (Å²) in [6.45, 7) is 0. The first-order valence-electron chi connectivity index (χ1n) is 7.00. The van der Waals surface area contributed by atoms with Crippen molar-refractivity contribution in [2.24, 2.45) is 4.99 Å². The number of carbonyl (C=O) groups excluding carboxylic acids is 1. The summed E-state index contributed by atoms with van der Waals surface area (Å²) in [5, 5.41) is 12.5. The number of aromatic hydroxyl groups is 1. The molecule has 3 aromatic rings. The minimum atomic E-state index is -0.374. The summed E-state index contributed by atoms with van der Waals surface area (Å²) in [6, 6.07) is 14.2. The predicted molar refractivity (Wildman–Crippen MR) is 95.9 cm³/mol. The van der Waals surface area contributed by atoms with Crippen LogP contribution in [0.2, 0.25) is 5.02 Å². The Bertz CT molecular complexity index is 1180. The standard InChI is InChI=1S/C17H9ClN2O2S2/c18-9-4-3-5-10(8-9)20-16(22)14(24-17(20)23)13-11-6-1-2-7-12(11)19-15(13)21/h1-8,22H. The Morgan fingerprint density at radius 2 is 1.96 bits per heavy atom. The van der Waals surface area contributed by atoms with Gasteiger partial charge in [-0.2, -0.15) is 0 Å². The molecular weight excluding hydrogens is 364 g/mol. The zero-order valence-electron chi connectivity index (χ0n) is 12.1. The summed E-state index contributed by atoms with van der Waals surface area (Å²) in [5.41, 5.74) is 1.02. The topological polar surface area (TPSA) is 54.6 Å². The molecule has 0 fully saturated rings. The minimum Gasteiger partial charge on any atom is -0.493 e. The van der Waals surface area contributed by atoms with E-state index in [-0.39, 0.29) is 11.8 Å². The van der Waals surface area contributed by atoms with E-state index in [1.54, 1.807) is 30.3 Å². The average Bonchev–Trinajstić information content (AvgIpc) is 3.02. The zero-order valence-corrected chi connectivity index (χ0v) is 14.5. The number of halogens is 1. The number of amides is 1. The van der Waals surface area contributed by atoms with Gasteiger partial charge in [0.05, 0.1) is 16.6 Å². The molecule has 1 N–H and O–H groups in total. The van der Waals surface area contributed by atoms with Gasteiger partial charge < -0.3 is 5.11 Å². The Labute approximate surface area is 150 Å². The third-order valence-corrected chi connectivity index (χ3v) is 5.31. The lowest BCUT2D eigenvalue weighted by molar-refractivity contribution is -0.112. The Kier molecular flexibility index (Phi) is 3.60. The first kappa shape index (κ1) is 15.3. The monoisotopic (exact) mass is 372 g/mol. The van der Waals surface area contributed by atoms with Crippen LogP contribution in [-0.4, -0.2) is 15.6 Å². The number of thiazole rings is 1. The largest absolute Gasteiger partial charge is 0.493 e. The molecule has 1 aromatic heterocycles. The highest BCUT2D eigenvalue weighted by Gasteiger charge is 2.25. The van der Waals surface area contributed by atoms with Crippen LogP contribution in [0.5, 0.6) is 5.88 Å². The number of nitrogens with zero attached hydrogens (tertiary/aromatic N) is 2. The van der Waals surface area contributed by atoms with E-state index in [2.05, 4.69) is 4.99 Å². The van der Waals surface area contributed by atoms with Crippen LogP contribution in [0.3, 0.4) is 0 Å². The highest BCUT2D eigenvalue weighted by Crippen LogP contribution is 2.35. The van der Waals surface area contributed by atoms with Crippen LogP contribution in [0, 0.1) is 3.95 Å². The molecule has 0 aliphatic carbocycles. The van der Waals surface area contributed by atoms with Crippen LogP contribution in [0.4, 0.5) is 0 Å². The lowest BCUT2D eigenvalue weighted by Crippen LogP contribution is -2.22. The molecule has 2 heterocycles. The molecule has 4 nitrogen and oxygen atoms in total. The third kappa shape index (κ3) is 2.31. The van der Waals surface area contributed by atoms with Gasteiger partial charge >= 0.3 is 0 Å². The van der Waals surface area contributed by atoms with E-state index in [0.29, 0.717) is 35.7 Å². The molecule has 1 aliphatic heterocycles. The maximum atomic E-state index is 12.3. The zero-order chi connectivity index (χ0) is 16.8. The van der Waals surface area contributed by atoms with Gasteiger partial charge in [0.2, 0.25) is 5.88 Å². The van der Waals surface area contributed by atoms with Gasteiger partial charge in [-0.25, -0.2) is 4.99 Å². The SMILES string of the molecule is O=C1N=c2ccccc2=C1c1sc(=S)n(-c2cccc(Cl)c2)c1O. The van der Waals surface area contributed by atoms with Crippen LogP contribution in [0.15, 0.2) is 53.5 Å². The highest BCUT2D eigenvalue weighted by atomic mass is 35.5. The van der Waals surface area contributed by atoms with Crippen molar-refractivity contribution >= 4 is 46.6 Å². The van der Waals surface area contributed by atoms with Crippen molar-refractivity contribution in [3.8, 4) is 11.6 Å². The number of para-hydroxylation sites is 1. The van der Waals surface area contributed by atoms with Gasteiger partial charge in [0, 0.05) is 10.2 Å². The van der Waals surface area contributed by atoms with Crippen LogP contribution in [0.1, 0.15) is 4.88 Å². The van der Waals surface area contributed by atoms with Gasteiger partial charge in [-0.3, -0.25) is 9.36 Å². The Morgan fingerprint density at radius 1 is 1.17 bits per heavy atom. The molecule has 0 saturated carbocycles. The van der Waals surface area contributed by atoms with Gasteiger partial charge in [0.15, 0.2) is 3.95 Å². The van der Waals surface area contributed by atoms with Crippen LogP contribution < -0.4 is 10.6 Å². The normalized spacial score (nSPS) is 13.0. The first-order chi connectivity index (χ1) is 11.6. The second-order valence-corrected chi connectivity index (χ2v) is 7.23. The van der Waals surface area contributed by atoms with Gasteiger partial charge in [-0.05, 0) is 36.5 Å². The van der Waals surface area contributed by atoms with E-state index in [1.807, 2.05) is 18.2 Å². The van der Waals surface area contributed by atoms with Crippen molar-refractivity contribution in [1.82, 2.24) is 4.57 Å². The fraction of sp³-hybridized carbons (Fsp3) is 0. The van der Waals surface area contributed by atoms with Crippen molar-refractivity contribution in [2.75, 3.05) is 0 Å². The van der Waals surface area contributed by atoms with Crippen LogP contribution in [0.25, 0.3) is 11.3 Å². The van der Waals surface area contributed by atoms with Crippen LogP contribution >= 0.6 is 35.2 Å². The number of hydrogen-bond acceptors (Lipinski definition) is 4. The lowest BCUT2D eigenvalue weighted by Gasteiger charge is -2.05. The lowest BCUT2D eigenvalue weighted by atomic mass is 10.1. The number of rotatable bonds is 2. The Balaban J connectivity index is 2.01. The number of aromatic nitrogens is 1. The summed E-state index contributed by atoms with van der Waals surface area (Å²) < 4.78 is 1.93. The minimum absolute atomic E-state index is 0.0810. The smallest absolute Gasteiger partial charge is 0.279 e. The molecule has 1 aliphatic rings. The molecular formula is C17H9ClN2O2S2. The van der Waals surface area contributed by atoms with Crippen LogP contribution in [-0.2, 0) is 4.79 Å². The maximum Gasteiger partial charge on any atom is 0.279 e. The number of fused-ring (bicyclic) bond motifs is 1. The van der Waals surface area contributed by atoms with Crippen molar-refractivity contribution in [3.63, 3.8) is 0 Å². The molecule has 0 atom stereocenters. The Hall–Kier alpha value is -2.28. The summed E-state index contributed by atoms with van der Waals surface area (Å²) in [7, 11) is 0.